The highest BCUT2D eigenvalue weighted by atomic mass is 32.2. The van der Waals surface area contributed by atoms with Crippen molar-refractivity contribution in [3.63, 3.8) is 0 Å². The summed E-state index contributed by atoms with van der Waals surface area (Å²) in [5.74, 6) is -0.421. The molecular weight excluding hydrogens is 388 g/mol. The van der Waals surface area contributed by atoms with Crippen molar-refractivity contribution in [3.05, 3.63) is 30.3 Å². The van der Waals surface area contributed by atoms with Crippen LogP contribution in [0.3, 0.4) is 0 Å². The Labute approximate surface area is 176 Å². The molecule has 2 fully saturated rings. The van der Waals surface area contributed by atoms with Gasteiger partial charge in [-0.15, -0.1) is 0 Å². The number of aliphatic hydroxyl groups is 2. The standard InChI is InChI=1S/C21H30N4O3S/c26-16-13-15(20(28)22-9-12-25-10-5-2-6-11-25)19-17(18(16)27)24-21(29-19)23-14-7-3-1-4-8-14/h1,3-4,7-8,15-19,26-27H,2,5-6,9-13H2,(H,22,28)(H,23,24). The van der Waals surface area contributed by atoms with Crippen molar-refractivity contribution < 1.29 is 15.0 Å². The van der Waals surface area contributed by atoms with Crippen molar-refractivity contribution in [2.45, 2.75) is 49.2 Å². The van der Waals surface area contributed by atoms with Gasteiger partial charge < -0.3 is 25.7 Å². The third-order valence-corrected chi connectivity index (χ3v) is 7.33. The number of amidine groups is 1. The number of rotatable bonds is 5. The molecule has 3 aliphatic rings. The predicted octanol–water partition coefficient (Wildman–Crippen LogP) is 1.28. The van der Waals surface area contributed by atoms with Crippen LogP contribution in [0.4, 0.5) is 5.69 Å². The van der Waals surface area contributed by atoms with Crippen molar-refractivity contribution in [3.8, 4) is 0 Å². The Bertz CT molecular complexity index is 726. The summed E-state index contributed by atoms with van der Waals surface area (Å²) >= 11 is 1.49. The van der Waals surface area contributed by atoms with Crippen LogP contribution in [0.25, 0.3) is 0 Å². The number of nitrogens with one attached hydrogen (secondary N) is 2. The lowest BCUT2D eigenvalue weighted by atomic mass is 9.81. The van der Waals surface area contributed by atoms with Gasteiger partial charge in [-0.1, -0.05) is 36.4 Å². The summed E-state index contributed by atoms with van der Waals surface area (Å²) in [6.07, 6.45) is 2.14. The van der Waals surface area contributed by atoms with Gasteiger partial charge in [0.2, 0.25) is 5.91 Å². The fourth-order valence-electron chi connectivity index (χ4n) is 4.40. The van der Waals surface area contributed by atoms with Crippen LogP contribution in [0.1, 0.15) is 25.7 Å². The first kappa shape index (κ1) is 20.7. The van der Waals surface area contributed by atoms with Gasteiger partial charge >= 0.3 is 0 Å². The van der Waals surface area contributed by atoms with Crippen molar-refractivity contribution in [2.24, 2.45) is 10.9 Å². The molecule has 5 atom stereocenters. The summed E-state index contributed by atoms with van der Waals surface area (Å²) in [5, 5.41) is 27.6. The number of aliphatic hydroxyl groups excluding tert-OH is 2. The van der Waals surface area contributed by atoms with E-state index in [-0.39, 0.29) is 23.5 Å². The maximum atomic E-state index is 12.9. The summed E-state index contributed by atoms with van der Waals surface area (Å²) < 4.78 is 0. The lowest BCUT2D eigenvalue weighted by Gasteiger charge is -2.37. The lowest BCUT2D eigenvalue weighted by molar-refractivity contribution is -0.129. The van der Waals surface area contributed by atoms with Crippen LogP contribution in [-0.2, 0) is 4.79 Å². The van der Waals surface area contributed by atoms with E-state index in [0.29, 0.717) is 11.7 Å². The summed E-state index contributed by atoms with van der Waals surface area (Å²) in [4.78, 5) is 19.9. The largest absolute Gasteiger partial charge is 0.390 e. The van der Waals surface area contributed by atoms with Gasteiger partial charge in [0.05, 0.1) is 18.1 Å². The number of benzene rings is 1. The van der Waals surface area contributed by atoms with Gasteiger partial charge in [0.25, 0.3) is 0 Å². The van der Waals surface area contributed by atoms with Crippen LogP contribution in [0, 0.1) is 5.92 Å². The van der Waals surface area contributed by atoms with Crippen LogP contribution >= 0.6 is 11.8 Å². The van der Waals surface area contributed by atoms with Crippen LogP contribution in [-0.4, -0.2) is 75.9 Å². The highest BCUT2D eigenvalue weighted by Gasteiger charge is 2.50. The number of aliphatic imine (C=N–C) groups is 1. The molecular formula is C21H30N4O3S. The third-order valence-electron chi connectivity index (χ3n) is 6.02. The number of anilines is 1. The molecule has 2 aliphatic heterocycles. The number of likely N-dealkylation sites (tertiary alicyclic amines) is 1. The topological polar surface area (TPSA) is 97.2 Å². The molecule has 29 heavy (non-hydrogen) atoms. The maximum Gasteiger partial charge on any atom is 0.224 e. The van der Waals surface area contributed by atoms with Crippen LogP contribution < -0.4 is 10.6 Å². The minimum Gasteiger partial charge on any atom is -0.390 e. The van der Waals surface area contributed by atoms with Gasteiger partial charge in [-0.3, -0.25) is 9.79 Å². The highest BCUT2D eigenvalue weighted by Crippen LogP contribution is 2.41. The van der Waals surface area contributed by atoms with Crippen molar-refractivity contribution in [1.82, 2.24) is 10.2 Å². The van der Waals surface area contributed by atoms with E-state index in [1.54, 1.807) is 0 Å². The SMILES string of the molecule is O=C(NCCN1CCCCC1)C1CC(O)C(O)C2N=C(Nc3ccccc3)SC12. The molecule has 2 heterocycles. The Morgan fingerprint density at radius 1 is 1.17 bits per heavy atom. The summed E-state index contributed by atoms with van der Waals surface area (Å²) in [6.45, 7) is 3.69. The summed E-state index contributed by atoms with van der Waals surface area (Å²) in [5.41, 5.74) is 0.912. The smallest absolute Gasteiger partial charge is 0.224 e. The van der Waals surface area contributed by atoms with E-state index < -0.39 is 18.2 Å². The molecule has 158 valence electrons. The Morgan fingerprint density at radius 3 is 2.69 bits per heavy atom. The molecule has 0 radical (unpaired) electrons. The number of hydrogen-bond acceptors (Lipinski definition) is 7. The highest BCUT2D eigenvalue weighted by molar-refractivity contribution is 8.15. The predicted molar refractivity (Wildman–Crippen MR) is 116 cm³/mol. The van der Waals surface area contributed by atoms with E-state index in [9.17, 15) is 15.0 Å². The van der Waals surface area contributed by atoms with Crippen molar-refractivity contribution in [1.29, 1.82) is 0 Å². The molecule has 1 saturated carbocycles. The Hall–Kier alpha value is -1.61. The number of amides is 1. The van der Waals surface area contributed by atoms with Crippen LogP contribution in [0.2, 0.25) is 0 Å². The molecule has 1 aliphatic carbocycles. The molecule has 0 aromatic heterocycles. The summed E-state index contributed by atoms with van der Waals surface area (Å²) in [7, 11) is 0. The second kappa shape index (κ2) is 9.47. The number of nitrogens with zero attached hydrogens (tertiary/aromatic N) is 2. The number of piperidine rings is 1. The molecule has 8 heteroatoms. The molecule has 7 nitrogen and oxygen atoms in total. The average molecular weight is 419 g/mol. The van der Waals surface area contributed by atoms with E-state index in [0.717, 1.165) is 25.3 Å². The molecule has 5 unspecified atom stereocenters. The molecule has 4 rings (SSSR count). The minimum absolute atomic E-state index is 0.0494. The van der Waals surface area contributed by atoms with Gasteiger partial charge in [0, 0.05) is 24.0 Å². The molecule has 1 aromatic carbocycles. The molecule has 1 aromatic rings. The van der Waals surface area contributed by atoms with E-state index in [4.69, 9.17) is 0 Å². The number of fused-ring (bicyclic) bond motifs is 1. The van der Waals surface area contributed by atoms with Gasteiger partial charge in [0.15, 0.2) is 5.17 Å². The zero-order valence-corrected chi connectivity index (χ0v) is 17.4. The number of para-hydroxylation sites is 1. The maximum absolute atomic E-state index is 12.9. The number of carbonyl (C=O) groups is 1. The fourth-order valence-corrected chi connectivity index (χ4v) is 5.78. The normalized spacial score (nSPS) is 32.3. The fraction of sp³-hybridized carbons (Fsp3) is 0.619. The van der Waals surface area contributed by atoms with Gasteiger partial charge in [-0.05, 0) is 44.5 Å². The van der Waals surface area contributed by atoms with E-state index in [1.807, 2.05) is 30.3 Å². The van der Waals surface area contributed by atoms with Gasteiger partial charge in [-0.25, -0.2) is 0 Å². The zero-order chi connectivity index (χ0) is 20.2. The van der Waals surface area contributed by atoms with E-state index in [1.165, 1.54) is 31.0 Å². The molecule has 4 N–H and O–H groups in total. The quantitative estimate of drug-likeness (QED) is 0.575. The molecule has 1 saturated heterocycles. The number of carbonyl (C=O) groups excluding carboxylic acids is 1. The van der Waals surface area contributed by atoms with Crippen molar-refractivity contribution in [2.75, 3.05) is 31.5 Å². The van der Waals surface area contributed by atoms with Crippen LogP contribution in [0.5, 0.6) is 0 Å². The molecule has 1 amide bonds. The Kier molecular flexibility index (Phi) is 6.74. The minimum atomic E-state index is -0.944. The summed E-state index contributed by atoms with van der Waals surface area (Å²) in [6, 6.07) is 9.23. The van der Waals surface area contributed by atoms with Gasteiger partial charge in [-0.2, -0.15) is 0 Å². The third kappa shape index (κ3) is 4.94. The average Bonchev–Trinajstić information content (AvgIpc) is 3.16. The lowest BCUT2D eigenvalue weighted by Crippen LogP contribution is -2.54. The van der Waals surface area contributed by atoms with Crippen molar-refractivity contribution >= 4 is 28.5 Å². The Balaban J connectivity index is 1.36. The first-order valence-corrected chi connectivity index (χ1v) is 11.4. The Morgan fingerprint density at radius 2 is 1.93 bits per heavy atom. The van der Waals surface area contributed by atoms with Gasteiger partial charge in [0.1, 0.15) is 6.10 Å². The zero-order valence-electron chi connectivity index (χ0n) is 16.5. The number of hydrogen-bond donors (Lipinski definition) is 4. The molecule has 0 spiro atoms. The van der Waals surface area contributed by atoms with E-state index in [2.05, 4.69) is 20.5 Å². The second-order valence-electron chi connectivity index (χ2n) is 8.09. The molecule has 0 bridgehead atoms. The van der Waals surface area contributed by atoms with E-state index >= 15 is 0 Å². The first-order valence-electron chi connectivity index (χ1n) is 10.5. The first-order chi connectivity index (χ1) is 14.1. The number of thioether (sulfide) groups is 1. The second-order valence-corrected chi connectivity index (χ2v) is 9.26. The monoisotopic (exact) mass is 418 g/mol. The van der Waals surface area contributed by atoms with Crippen LogP contribution in [0.15, 0.2) is 35.3 Å².